The molecule has 2 rings (SSSR count). The van der Waals surface area contributed by atoms with Gasteiger partial charge in [-0.2, -0.15) is 5.26 Å². The summed E-state index contributed by atoms with van der Waals surface area (Å²) in [6.07, 6.45) is 0. The summed E-state index contributed by atoms with van der Waals surface area (Å²) < 4.78 is 19.0. The molecular formula is C15H9BrFNO2. The normalized spacial score (nSPS) is 9.90. The molecule has 100 valence electrons. The molecule has 2 aromatic rings. The van der Waals surface area contributed by atoms with Gasteiger partial charge in [0.1, 0.15) is 17.3 Å². The van der Waals surface area contributed by atoms with Crippen LogP contribution in [-0.2, 0) is 0 Å². The van der Waals surface area contributed by atoms with Crippen LogP contribution < -0.4 is 4.74 Å². The van der Waals surface area contributed by atoms with Crippen molar-refractivity contribution >= 4 is 21.7 Å². The van der Waals surface area contributed by atoms with E-state index in [9.17, 15) is 9.18 Å². The van der Waals surface area contributed by atoms with E-state index in [1.54, 1.807) is 6.07 Å². The van der Waals surface area contributed by atoms with Gasteiger partial charge in [-0.15, -0.1) is 0 Å². The monoisotopic (exact) mass is 333 g/mol. The molecular weight excluding hydrogens is 325 g/mol. The fourth-order valence-electron chi connectivity index (χ4n) is 1.63. The summed E-state index contributed by atoms with van der Waals surface area (Å²) in [4.78, 5) is 11.5. The Morgan fingerprint density at radius 3 is 2.65 bits per heavy atom. The van der Waals surface area contributed by atoms with Crippen molar-refractivity contribution in [1.82, 2.24) is 0 Å². The molecule has 0 bridgehead atoms. The Morgan fingerprint density at radius 1 is 1.30 bits per heavy atom. The number of hydrogen-bond acceptors (Lipinski definition) is 3. The highest BCUT2D eigenvalue weighted by Crippen LogP contribution is 2.29. The van der Waals surface area contributed by atoms with Crippen LogP contribution in [0.2, 0.25) is 0 Å². The summed E-state index contributed by atoms with van der Waals surface area (Å²) in [5.41, 5.74) is 0.746. The molecule has 0 aliphatic rings. The maximum absolute atomic E-state index is 13.2. The van der Waals surface area contributed by atoms with Crippen molar-refractivity contribution in [3.63, 3.8) is 0 Å². The fourth-order valence-corrected chi connectivity index (χ4v) is 1.99. The number of rotatable bonds is 3. The minimum atomic E-state index is -0.407. The molecule has 0 atom stereocenters. The summed E-state index contributed by atoms with van der Waals surface area (Å²) in [5.74, 6) is 0.0616. The Morgan fingerprint density at radius 2 is 2.05 bits per heavy atom. The van der Waals surface area contributed by atoms with Gasteiger partial charge in [0, 0.05) is 0 Å². The number of halogens is 2. The van der Waals surface area contributed by atoms with Gasteiger partial charge < -0.3 is 4.74 Å². The third kappa shape index (κ3) is 3.03. The van der Waals surface area contributed by atoms with Crippen LogP contribution in [0.3, 0.4) is 0 Å². The maximum Gasteiger partial charge on any atom is 0.163 e. The van der Waals surface area contributed by atoms with Crippen LogP contribution in [0.15, 0.2) is 40.9 Å². The molecule has 0 aliphatic heterocycles. The zero-order valence-electron chi connectivity index (χ0n) is 10.5. The number of ketones is 1. The van der Waals surface area contributed by atoms with Gasteiger partial charge in [0.25, 0.3) is 0 Å². The summed E-state index contributed by atoms with van der Waals surface area (Å²) in [5, 5.41) is 8.89. The van der Waals surface area contributed by atoms with Gasteiger partial charge in [-0.3, -0.25) is 4.79 Å². The van der Waals surface area contributed by atoms with Crippen LogP contribution in [0.5, 0.6) is 11.5 Å². The summed E-state index contributed by atoms with van der Waals surface area (Å²) in [6.45, 7) is 1.41. The zero-order valence-corrected chi connectivity index (χ0v) is 12.1. The molecule has 0 fully saturated rings. The predicted octanol–water partition coefficient (Wildman–Crippen LogP) is 4.45. The highest BCUT2D eigenvalue weighted by molar-refractivity contribution is 9.10. The quantitative estimate of drug-likeness (QED) is 0.779. The van der Waals surface area contributed by atoms with Crippen molar-refractivity contribution in [3.05, 3.63) is 57.8 Å². The van der Waals surface area contributed by atoms with Gasteiger partial charge in [0.15, 0.2) is 5.78 Å². The van der Waals surface area contributed by atoms with Crippen LogP contribution in [-0.4, -0.2) is 5.78 Å². The Bertz CT molecular complexity index is 722. The van der Waals surface area contributed by atoms with E-state index in [4.69, 9.17) is 10.00 Å². The predicted molar refractivity (Wildman–Crippen MR) is 75.3 cm³/mol. The Balaban J connectivity index is 2.43. The second-order valence-corrected chi connectivity index (χ2v) is 4.91. The number of Topliss-reactive ketones (excluding diaryl/α,β-unsaturated/α-hetero) is 1. The molecule has 0 saturated carbocycles. The second kappa shape index (κ2) is 5.85. The molecule has 3 nitrogen and oxygen atoms in total. The Kier molecular flexibility index (Phi) is 4.16. The van der Waals surface area contributed by atoms with Gasteiger partial charge in [-0.25, -0.2) is 4.39 Å². The molecule has 0 N–H and O–H groups in total. The van der Waals surface area contributed by atoms with E-state index in [1.807, 2.05) is 6.07 Å². The average molecular weight is 334 g/mol. The van der Waals surface area contributed by atoms with E-state index in [0.717, 1.165) is 0 Å². The average Bonchev–Trinajstić information content (AvgIpc) is 2.42. The third-order valence-corrected chi connectivity index (χ3v) is 3.22. The van der Waals surface area contributed by atoms with Crippen molar-refractivity contribution in [2.45, 2.75) is 6.92 Å². The van der Waals surface area contributed by atoms with E-state index in [-0.39, 0.29) is 16.0 Å². The van der Waals surface area contributed by atoms with E-state index in [0.29, 0.717) is 16.9 Å². The number of carbonyl (C=O) groups excluding carboxylic acids is 1. The van der Waals surface area contributed by atoms with Gasteiger partial charge in [-0.05, 0) is 59.3 Å². The number of nitriles is 1. The lowest BCUT2D eigenvalue weighted by molar-refractivity contribution is 0.101. The van der Waals surface area contributed by atoms with E-state index in [1.165, 1.54) is 37.3 Å². The second-order valence-electron chi connectivity index (χ2n) is 4.06. The molecule has 0 aliphatic carbocycles. The maximum atomic E-state index is 13.2. The highest BCUT2D eigenvalue weighted by Gasteiger charge is 2.11. The lowest BCUT2D eigenvalue weighted by Gasteiger charge is -2.10. The molecule has 20 heavy (non-hydrogen) atoms. The molecule has 0 spiro atoms. The van der Waals surface area contributed by atoms with Gasteiger partial charge in [0.05, 0.1) is 21.7 Å². The van der Waals surface area contributed by atoms with Crippen molar-refractivity contribution < 1.29 is 13.9 Å². The minimum absolute atomic E-state index is 0.175. The number of hydrogen-bond donors (Lipinski definition) is 0. The molecule has 0 saturated heterocycles. The fraction of sp³-hybridized carbons (Fsp3) is 0.0667. The molecule has 0 aromatic heterocycles. The van der Waals surface area contributed by atoms with Crippen molar-refractivity contribution in [3.8, 4) is 17.6 Å². The first-order valence-corrected chi connectivity index (χ1v) is 6.48. The topological polar surface area (TPSA) is 50.1 Å². The van der Waals surface area contributed by atoms with Gasteiger partial charge in [-0.1, -0.05) is 0 Å². The largest absolute Gasteiger partial charge is 0.457 e. The van der Waals surface area contributed by atoms with Gasteiger partial charge >= 0.3 is 0 Å². The Labute approximate surface area is 123 Å². The van der Waals surface area contributed by atoms with Crippen molar-refractivity contribution in [2.24, 2.45) is 0 Å². The first-order chi connectivity index (χ1) is 9.51. The first kappa shape index (κ1) is 14.2. The van der Waals surface area contributed by atoms with Crippen molar-refractivity contribution in [1.29, 1.82) is 5.26 Å². The number of benzene rings is 2. The standard InChI is InChI=1S/C15H9BrFNO2/c1-9(19)12-4-2-10(8-18)6-15(12)20-11-3-5-14(17)13(16)7-11/h2-7H,1H3. The molecule has 0 unspecified atom stereocenters. The first-order valence-electron chi connectivity index (χ1n) is 5.69. The van der Waals surface area contributed by atoms with E-state index < -0.39 is 5.82 Å². The minimum Gasteiger partial charge on any atom is -0.457 e. The molecule has 0 radical (unpaired) electrons. The summed E-state index contributed by atoms with van der Waals surface area (Å²) in [7, 11) is 0. The molecule has 5 heteroatoms. The Hall–Kier alpha value is -2.19. The SMILES string of the molecule is CC(=O)c1ccc(C#N)cc1Oc1ccc(F)c(Br)c1. The molecule has 0 amide bonds. The number of nitrogens with zero attached hydrogens (tertiary/aromatic N) is 1. The highest BCUT2D eigenvalue weighted by atomic mass is 79.9. The van der Waals surface area contributed by atoms with Crippen molar-refractivity contribution in [2.75, 3.05) is 0 Å². The van der Waals surface area contributed by atoms with Crippen LogP contribution in [0, 0.1) is 17.1 Å². The lowest BCUT2D eigenvalue weighted by Crippen LogP contribution is -1.98. The summed E-state index contributed by atoms with van der Waals surface area (Å²) >= 11 is 3.06. The van der Waals surface area contributed by atoms with Gasteiger partial charge in [0.2, 0.25) is 0 Å². The summed E-state index contributed by atoms with van der Waals surface area (Å²) in [6, 6.07) is 10.7. The third-order valence-electron chi connectivity index (χ3n) is 2.61. The molecule has 0 heterocycles. The van der Waals surface area contributed by atoms with Crippen LogP contribution in [0.25, 0.3) is 0 Å². The van der Waals surface area contributed by atoms with E-state index >= 15 is 0 Å². The molecule has 2 aromatic carbocycles. The van der Waals surface area contributed by atoms with E-state index in [2.05, 4.69) is 15.9 Å². The lowest BCUT2D eigenvalue weighted by atomic mass is 10.1. The zero-order chi connectivity index (χ0) is 14.7. The number of carbonyl (C=O) groups is 1. The smallest absolute Gasteiger partial charge is 0.163 e. The number of ether oxygens (including phenoxy) is 1. The van der Waals surface area contributed by atoms with Crippen LogP contribution in [0.4, 0.5) is 4.39 Å². The van der Waals surface area contributed by atoms with Crippen LogP contribution >= 0.6 is 15.9 Å². The van der Waals surface area contributed by atoms with Crippen LogP contribution in [0.1, 0.15) is 22.8 Å².